The number of halogens is 2. The standard InChI is InChI=1S/C6H5BrINO/c1-10-5-3-9-2-4(7)6(5)8/h2-3H,1H3. The van der Waals surface area contributed by atoms with Crippen molar-refractivity contribution in [3.63, 3.8) is 0 Å². The molecule has 0 spiro atoms. The lowest BCUT2D eigenvalue weighted by atomic mass is 10.5. The van der Waals surface area contributed by atoms with E-state index in [0.29, 0.717) is 0 Å². The molecule has 1 rings (SSSR count). The highest BCUT2D eigenvalue weighted by atomic mass is 127. The fraction of sp³-hybridized carbons (Fsp3) is 0.167. The number of hydrogen-bond acceptors (Lipinski definition) is 2. The highest BCUT2D eigenvalue weighted by Crippen LogP contribution is 2.26. The first-order valence-corrected chi connectivity index (χ1v) is 4.46. The van der Waals surface area contributed by atoms with E-state index in [1.165, 1.54) is 0 Å². The smallest absolute Gasteiger partial charge is 0.151 e. The number of rotatable bonds is 1. The van der Waals surface area contributed by atoms with Crippen LogP contribution >= 0.6 is 38.5 Å². The van der Waals surface area contributed by atoms with Crippen molar-refractivity contribution in [1.29, 1.82) is 0 Å². The maximum absolute atomic E-state index is 5.03. The molecular formula is C6H5BrINO. The Kier molecular flexibility index (Phi) is 2.91. The van der Waals surface area contributed by atoms with E-state index in [-0.39, 0.29) is 0 Å². The third-order valence-corrected chi connectivity index (χ3v) is 3.48. The van der Waals surface area contributed by atoms with E-state index in [9.17, 15) is 0 Å². The van der Waals surface area contributed by atoms with Crippen LogP contribution in [0.4, 0.5) is 0 Å². The van der Waals surface area contributed by atoms with Gasteiger partial charge in [-0.25, -0.2) is 0 Å². The second kappa shape index (κ2) is 3.52. The zero-order valence-electron chi connectivity index (χ0n) is 5.27. The van der Waals surface area contributed by atoms with Gasteiger partial charge in [0, 0.05) is 6.20 Å². The first kappa shape index (κ1) is 8.26. The summed E-state index contributed by atoms with van der Waals surface area (Å²) < 4.78 is 7.04. The molecule has 0 saturated heterocycles. The second-order valence-electron chi connectivity index (χ2n) is 1.64. The summed E-state index contributed by atoms with van der Waals surface area (Å²) in [6, 6.07) is 0. The minimum absolute atomic E-state index is 0.801. The Balaban J connectivity index is 3.14. The van der Waals surface area contributed by atoms with Crippen molar-refractivity contribution in [3.05, 3.63) is 20.4 Å². The normalized spacial score (nSPS) is 9.50. The summed E-state index contributed by atoms with van der Waals surface area (Å²) in [5.74, 6) is 0.801. The quantitative estimate of drug-likeness (QED) is 0.743. The van der Waals surface area contributed by atoms with Gasteiger partial charge in [-0.15, -0.1) is 0 Å². The Morgan fingerprint density at radius 3 is 2.80 bits per heavy atom. The summed E-state index contributed by atoms with van der Waals surface area (Å²) in [4.78, 5) is 3.94. The minimum Gasteiger partial charge on any atom is -0.494 e. The van der Waals surface area contributed by atoms with E-state index >= 15 is 0 Å². The zero-order chi connectivity index (χ0) is 7.56. The topological polar surface area (TPSA) is 22.1 Å². The summed E-state index contributed by atoms with van der Waals surface area (Å²) in [6.45, 7) is 0. The van der Waals surface area contributed by atoms with Crippen LogP contribution in [0, 0.1) is 3.57 Å². The van der Waals surface area contributed by atoms with Gasteiger partial charge >= 0.3 is 0 Å². The largest absolute Gasteiger partial charge is 0.494 e. The Morgan fingerprint density at radius 2 is 2.30 bits per heavy atom. The van der Waals surface area contributed by atoms with Crippen LogP contribution in [0.1, 0.15) is 0 Å². The summed E-state index contributed by atoms with van der Waals surface area (Å²) >= 11 is 5.53. The van der Waals surface area contributed by atoms with Gasteiger partial charge in [0.15, 0.2) is 5.75 Å². The van der Waals surface area contributed by atoms with Gasteiger partial charge in [-0.1, -0.05) is 0 Å². The van der Waals surface area contributed by atoms with Gasteiger partial charge in [-0.3, -0.25) is 4.98 Å². The van der Waals surface area contributed by atoms with E-state index in [1.807, 2.05) is 0 Å². The van der Waals surface area contributed by atoms with E-state index in [4.69, 9.17) is 4.74 Å². The van der Waals surface area contributed by atoms with E-state index in [2.05, 4.69) is 43.5 Å². The van der Waals surface area contributed by atoms with Crippen LogP contribution < -0.4 is 4.74 Å². The molecule has 0 N–H and O–H groups in total. The monoisotopic (exact) mass is 313 g/mol. The number of hydrogen-bond donors (Lipinski definition) is 0. The zero-order valence-corrected chi connectivity index (χ0v) is 9.01. The van der Waals surface area contributed by atoms with Crippen LogP contribution in [0.5, 0.6) is 5.75 Å². The summed E-state index contributed by atoms with van der Waals surface area (Å²) in [5.41, 5.74) is 0. The molecule has 0 aromatic carbocycles. The van der Waals surface area contributed by atoms with Crippen molar-refractivity contribution in [3.8, 4) is 5.75 Å². The molecule has 0 atom stereocenters. The van der Waals surface area contributed by atoms with Crippen molar-refractivity contribution in [2.45, 2.75) is 0 Å². The van der Waals surface area contributed by atoms with E-state index in [1.54, 1.807) is 19.5 Å². The van der Waals surface area contributed by atoms with Gasteiger partial charge in [-0.05, 0) is 38.5 Å². The predicted molar refractivity (Wildman–Crippen MR) is 51.2 cm³/mol. The molecule has 0 aliphatic rings. The number of aromatic nitrogens is 1. The maximum Gasteiger partial charge on any atom is 0.151 e. The molecule has 0 unspecified atom stereocenters. The Hall–Kier alpha value is 0.160. The fourth-order valence-electron chi connectivity index (χ4n) is 0.544. The molecule has 1 aromatic rings. The fourth-order valence-corrected chi connectivity index (χ4v) is 1.36. The van der Waals surface area contributed by atoms with Crippen molar-refractivity contribution < 1.29 is 4.74 Å². The van der Waals surface area contributed by atoms with Crippen LogP contribution in [-0.4, -0.2) is 12.1 Å². The Bertz CT molecular complexity index is 241. The van der Waals surface area contributed by atoms with Crippen molar-refractivity contribution in [2.75, 3.05) is 7.11 Å². The minimum atomic E-state index is 0.801. The number of pyridine rings is 1. The van der Waals surface area contributed by atoms with Crippen molar-refractivity contribution >= 4 is 38.5 Å². The Labute approximate surface area is 81.3 Å². The molecule has 1 aromatic heterocycles. The van der Waals surface area contributed by atoms with Gasteiger partial charge in [0.25, 0.3) is 0 Å². The summed E-state index contributed by atoms with van der Waals surface area (Å²) in [6.07, 6.45) is 3.43. The van der Waals surface area contributed by atoms with Gasteiger partial charge in [-0.2, -0.15) is 0 Å². The lowest BCUT2D eigenvalue weighted by Gasteiger charge is -2.01. The van der Waals surface area contributed by atoms with Crippen LogP contribution in [0.25, 0.3) is 0 Å². The molecular weight excluding hydrogens is 309 g/mol. The van der Waals surface area contributed by atoms with E-state index < -0.39 is 0 Å². The molecule has 10 heavy (non-hydrogen) atoms. The molecule has 0 saturated carbocycles. The molecule has 0 radical (unpaired) electrons. The van der Waals surface area contributed by atoms with Gasteiger partial charge in [0.2, 0.25) is 0 Å². The first-order valence-electron chi connectivity index (χ1n) is 2.58. The number of ether oxygens (including phenoxy) is 1. The van der Waals surface area contributed by atoms with E-state index in [0.717, 1.165) is 13.8 Å². The molecule has 0 fully saturated rings. The average Bonchev–Trinajstić information content (AvgIpc) is 1.95. The highest BCUT2D eigenvalue weighted by Gasteiger charge is 2.01. The van der Waals surface area contributed by atoms with Crippen LogP contribution in [0.2, 0.25) is 0 Å². The highest BCUT2D eigenvalue weighted by molar-refractivity contribution is 14.1. The van der Waals surface area contributed by atoms with Crippen LogP contribution in [0.15, 0.2) is 16.9 Å². The van der Waals surface area contributed by atoms with Gasteiger partial charge in [0.05, 0.1) is 21.3 Å². The Morgan fingerprint density at radius 1 is 1.60 bits per heavy atom. The maximum atomic E-state index is 5.03. The molecule has 0 aliphatic carbocycles. The second-order valence-corrected chi connectivity index (χ2v) is 3.57. The lowest BCUT2D eigenvalue weighted by Crippen LogP contribution is -1.88. The molecule has 0 bridgehead atoms. The molecule has 2 nitrogen and oxygen atoms in total. The van der Waals surface area contributed by atoms with Crippen molar-refractivity contribution in [1.82, 2.24) is 4.98 Å². The molecule has 0 amide bonds. The van der Waals surface area contributed by atoms with Crippen molar-refractivity contribution in [2.24, 2.45) is 0 Å². The first-order chi connectivity index (χ1) is 4.75. The van der Waals surface area contributed by atoms with Crippen LogP contribution in [-0.2, 0) is 0 Å². The molecule has 0 aliphatic heterocycles. The SMILES string of the molecule is COc1cncc(Br)c1I. The summed E-state index contributed by atoms with van der Waals surface area (Å²) in [7, 11) is 1.63. The third kappa shape index (κ3) is 1.60. The summed E-state index contributed by atoms with van der Waals surface area (Å²) in [5, 5.41) is 0. The molecule has 54 valence electrons. The third-order valence-electron chi connectivity index (χ3n) is 1.03. The lowest BCUT2D eigenvalue weighted by molar-refractivity contribution is 0.409. The number of nitrogens with zero attached hydrogens (tertiary/aromatic N) is 1. The van der Waals surface area contributed by atoms with Crippen LogP contribution in [0.3, 0.4) is 0 Å². The number of methoxy groups -OCH3 is 1. The predicted octanol–water partition coefficient (Wildman–Crippen LogP) is 2.46. The molecule has 4 heteroatoms. The van der Waals surface area contributed by atoms with Gasteiger partial charge < -0.3 is 4.74 Å². The van der Waals surface area contributed by atoms with Gasteiger partial charge in [0.1, 0.15) is 0 Å². The average molecular weight is 314 g/mol. The molecule has 1 heterocycles.